The largest absolute Gasteiger partial charge is 0.489 e. The fraction of sp³-hybridized carbons (Fsp3) is 0.263. The Kier molecular flexibility index (Phi) is 3.83. The molecule has 1 aromatic heterocycles. The summed E-state index contributed by atoms with van der Waals surface area (Å²) in [5, 5.41) is 0. The molecule has 138 valence electrons. The van der Waals surface area contributed by atoms with E-state index in [0.717, 1.165) is 16.3 Å². The van der Waals surface area contributed by atoms with Gasteiger partial charge in [0.05, 0.1) is 0 Å². The summed E-state index contributed by atoms with van der Waals surface area (Å²) in [6, 6.07) is 6.60. The number of benzene rings is 1. The minimum Gasteiger partial charge on any atom is -0.489 e. The number of ether oxygens (including phenoxy) is 1. The summed E-state index contributed by atoms with van der Waals surface area (Å²) in [7, 11) is 3.12. The predicted molar refractivity (Wildman–Crippen MR) is 98.5 cm³/mol. The van der Waals surface area contributed by atoms with E-state index in [4.69, 9.17) is 4.74 Å². The lowest BCUT2D eigenvalue weighted by molar-refractivity contribution is -0.676. The number of fused-ring (bicyclic) bond motifs is 3. The van der Waals surface area contributed by atoms with Crippen molar-refractivity contribution in [2.75, 3.05) is 20.7 Å². The van der Waals surface area contributed by atoms with Gasteiger partial charge in [0.15, 0.2) is 0 Å². The summed E-state index contributed by atoms with van der Waals surface area (Å²) in [6.45, 7) is 6.02. The molecule has 1 saturated heterocycles. The Morgan fingerprint density at radius 1 is 1.30 bits per heavy atom. The Hall–Kier alpha value is -3.42. The molecule has 1 atom stereocenters. The maximum Gasteiger partial charge on any atom is 0.406 e. The van der Waals surface area contributed by atoms with Gasteiger partial charge in [0.2, 0.25) is 11.9 Å². The first-order chi connectivity index (χ1) is 12.9. The maximum absolute atomic E-state index is 12.7. The van der Waals surface area contributed by atoms with Crippen LogP contribution in [-0.2, 0) is 4.79 Å². The number of imidazole rings is 1. The Balaban J connectivity index is 1.82. The van der Waals surface area contributed by atoms with Gasteiger partial charge in [0.1, 0.15) is 29.9 Å². The lowest BCUT2D eigenvalue weighted by Gasteiger charge is -2.30. The highest BCUT2D eigenvalue weighted by molar-refractivity contribution is 6.18. The first kappa shape index (κ1) is 17.0. The Labute approximate surface area is 156 Å². The van der Waals surface area contributed by atoms with Crippen molar-refractivity contribution in [1.82, 2.24) is 14.4 Å². The summed E-state index contributed by atoms with van der Waals surface area (Å²) in [5.74, 6) is 1.45. The zero-order chi connectivity index (χ0) is 19.3. The third-order valence-corrected chi connectivity index (χ3v) is 4.77. The van der Waals surface area contributed by atoms with Crippen molar-refractivity contribution >= 4 is 23.7 Å². The number of aliphatic imine (C=N–C) groups is 1. The van der Waals surface area contributed by atoms with Crippen molar-refractivity contribution in [3.05, 3.63) is 48.8 Å². The Morgan fingerprint density at radius 3 is 2.81 bits per heavy atom. The SMILES string of the molecule is C=CCOc1cccc(-n2c(C)c[n+]3c2N=C2C3C(=O)N(C)C(=O)N2C)c1. The molecule has 2 aromatic rings. The van der Waals surface area contributed by atoms with Gasteiger partial charge < -0.3 is 4.74 Å². The summed E-state index contributed by atoms with van der Waals surface area (Å²) >= 11 is 0. The van der Waals surface area contributed by atoms with Gasteiger partial charge in [-0.25, -0.2) is 9.36 Å². The normalized spacial score (nSPS) is 18.3. The van der Waals surface area contributed by atoms with Crippen molar-refractivity contribution in [3.63, 3.8) is 0 Å². The predicted octanol–water partition coefficient (Wildman–Crippen LogP) is 1.75. The van der Waals surface area contributed by atoms with E-state index >= 15 is 0 Å². The van der Waals surface area contributed by atoms with E-state index in [2.05, 4.69) is 11.6 Å². The minimum atomic E-state index is -0.632. The highest BCUT2D eigenvalue weighted by Gasteiger charge is 2.52. The van der Waals surface area contributed by atoms with Crippen molar-refractivity contribution in [2.24, 2.45) is 4.99 Å². The van der Waals surface area contributed by atoms with Crippen LogP contribution < -0.4 is 9.30 Å². The van der Waals surface area contributed by atoms with Crippen molar-refractivity contribution in [1.29, 1.82) is 0 Å². The molecule has 4 rings (SSSR count). The molecule has 8 nitrogen and oxygen atoms in total. The van der Waals surface area contributed by atoms with Crippen LogP contribution in [0.25, 0.3) is 5.69 Å². The van der Waals surface area contributed by atoms with Crippen LogP contribution in [0.4, 0.5) is 10.7 Å². The van der Waals surface area contributed by atoms with E-state index in [1.807, 2.05) is 46.5 Å². The molecule has 0 spiro atoms. The number of amidine groups is 1. The Bertz CT molecular complexity index is 1010. The van der Waals surface area contributed by atoms with Crippen molar-refractivity contribution < 1.29 is 18.9 Å². The lowest BCUT2D eigenvalue weighted by atomic mass is 10.2. The molecule has 0 saturated carbocycles. The second kappa shape index (κ2) is 6.08. The van der Waals surface area contributed by atoms with Crippen LogP contribution in [0.15, 0.2) is 48.1 Å². The molecule has 1 aromatic carbocycles. The summed E-state index contributed by atoms with van der Waals surface area (Å²) in [5.41, 5.74) is 1.78. The van der Waals surface area contributed by atoms with Gasteiger partial charge in [0.25, 0.3) is 5.91 Å². The zero-order valence-corrected chi connectivity index (χ0v) is 15.4. The molecule has 3 heterocycles. The van der Waals surface area contributed by atoms with Gasteiger partial charge in [-0.15, -0.1) is 0 Å². The first-order valence-electron chi connectivity index (χ1n) is 8.55. The van der Waals surface area contributed by atoms with Gasteiger partial charge in [-0.2, -0.15) is 4.57 Å². The smallest absolute Gasteiger partial charge is 0.406 e. The van der Waals surface area contributed by atoms with Gasteiger partial charge in [-0.3, -0.25) is 14.6 Å². The molecular formula is C19H20N5O3+. The molecule has 1 unspecified atom stereocenters. The van der Waals surface area contributed by atoms with Crippen LogP contribution in [0.1, 0.15) is 11.7 Å². The molecule has 0 bridgehead atoms. The molecule has 1 fully saturated rings. The molecule has 2 aliphatic rings. The average molecular weight is 366 g/mol. The van der Waals surface area contributed by atoms with Gasteiger partial charge in [0, 0.05) is 20.2 Å². The summed E-state index contributed by atoms with van der Waals surface area (Å²) in [4.78, 5) is 32.1. The number of hydrogen-bond acceptors (Lipinski definition) is 4. The number of rotatable bonds is 4. The monoisotopic (exact) mass is 366 g/mol. The zero-order valence-electron chi connectivity index (χ0n) is 15.4. The van der Waals surface area contributed by atoms with Crippen LogP contribution in [0.2, 0.25) is 0 Å². The number of hydrogen-bond donors (Lipinski definition) is 0. The van der Waals surface area contributed by atoms with E-state index in [1.165, 1.54) is 11.9 Å². The molecular weight excluding hydrogens is 346 g/mol. The van der Waals surface area contributed by atoms with E-state index in [0.29, 0.717) is 24.1 Å². The lowest BCUT2D eigenvalue weighted by Crippen LogP contribution is -2.61. The van der Waals surface area contributed by atoms with E-state index in [9.17, 15) is 9.59 Å². The van der Waals surface area contributed by atoms with Crippen LogP contribution in [0.5, 0.6) is 5.75 Å². The number of urea groups is 1. The number of aromatic nitrogens is 2. The molecule has 8 heteroatoms. The van der Waals surface area contributed by atoms with E-state index in [-0.39, 0.29) is 11.9 Å². The number of carbonyl (C=O) groups is 2. The molecule has 3 amide bonds. The maximum atomic E-state index is 12.7. The van der Waals surface area contributed by atoms with Gasteiger partial charge in [-0.05, 0) is 19.1 Å². The molecule has 0 N–H and O–H groups in total. The van der Waals surface area contributed by atoms with Crippen LogP contribution >= 0.6 is 0 Å². The highest BCUT2D eigenvalue weighted by Crippen LogP contribution is 2.31. The van der Waals surface area contributed by atoms with Crippen LogP contribution in [-0.4, -0.2) is 52.8 Å². The fourth-order valence-electron chi connectivity index (χ4n) is 3.45. The van der Waals surface area contributed by atoms with Gasteiger partial charge >= 0.3 is 12.0 Å². The number of aryl methyl sites for hydroxylation is 1. The summed E-state index contributed by atoms with van der Waals surface area (Å²) in [6.07, 6.45) is 3.57. The van der Waals surface area contributed by atoms with Crippen molar-refractivity contribution in [3.8, 4) is 11.4 Å². The topological polar surface area (TPSA) is 71.0 Å². The molecule has 0 aliphatic carbocycles. The average Bonchev–Trinajstić information content (AvgIpc) is 3.17. The Morgan fingerprint density at radius 2 is 2.07 bits per heavy atom. The number of carbonyl (C=O) groups excluding carboxylic acids is 2. The number of imide groups is 1. The fourth-order valence-corrected chi connectivity index (χ4v) is 3.45. The highest BCUT2D eigenvalue weighted by atomic mass is 16.5. The number of nitrogens with zero attached hydrogens (tertiary/aromatic N) is 5. The second-order valence-corrected chi connectivity index (χ2v) is 6.52. The van der Waals surface area contributed by atoms with E-state index < -0.39 is 6.04 Å². The minimum absolute atomic E-state index is 0.291. The van der Waals surface area contributed by atoms with Crippen LogP contribution in [0, 0.1) is 6.92 Å². The molecule has 27 heavy (non-hydrogen) atoms. The van der Waals surface area contributed by atoms with Gasteiger partial charge in [-0.1, -0.05) is 23.7 Å². The van der Waals surface area contributed by atoms with Crippen molar-refractivity contribution in [2.45, 2.75) is 13.0 Å². The molecule has 2 aliphatic heterocycles. The number of amides is 3. The second-order valence-electron chi connectivity index (χ2n) is 6.52. The van der Waals surface area contributed by atoms with E-state index in [1.54, 1.807) is 13.1 Å². The first-order valence-corrected chi connectivity index (χ1v) is 8.55. The van der Waals surface area contributed by atoms with Crippen LogP contribution in [0.3, 0.4) is 0 Å². The third kappa shape index (κ3) is 2.44. The quantitative estimate of drug-likeness (QED) is 0.611. The summed E-state index contributed by atoms with van der Waals surface area (Å²) < 4.78 is 9.37. The molecule has 0 radical (unpaired) electrons. The third-order valence-electron chi connectivity index (χ3n) is 4.77. The standard InChI is InChI=1S/C19H20N5O3/c1-5-9-27-14-8-6-7-13(10-14)24-12(2)11-23-15-16(20-18(23)24)21(3)19(26)22(4)17(15)25/h5-8,10-11,15H,1,9H2,2-4H3/q+1. The number of likely N-dealkylation sites (N-methyl/N-ethyl adjacent to an activating group) is 2.